The van der Waals surface area contributed by atoms with Crippen LogP contribution in [0, 0.1) is 22.7 Å². The van der Waals surface area contributed by atoms with Gasteiger partial charge in [-0.1, -0.05) is 57.2 Å². The maximum Gasteiger partial charge on any atom is 0.255 e. The molecule has 0 spiro atoms. The number of benzene rings is 3. The maximum atomic E-state index is 14.0. The van der Waals surface area contributed by atoms with Crippen molar-refractivity contribution >= 4 is 45.6 Å². The van der Waals surface area contributed by atoms with Crippen LogP contribution in [0.4, 0.5) is 10.7 Å². The van der Waals surface area contributed by atoms with E-state index in [1.807, 2.05) is 48.5 Å². The molecule has 0 fully saturated rings. The molecule has 45 heavy (non-hydrogen) atoms. The van der Waals surface area contributed by atoms with Gasteiger partial charge >= 0.3 is 0 Å². The van der Waals surface area contributed by atoms with Gasteiger partial charge in [0.1, 0.15) is 16.3 Å². The number of rotatable bonds is 9. The molecule has 7 nitrogen and oxygen atoms in total. The van der Waals surface area contributed by atoms with Gasteiger partial charge in [-0.15, -0.1) is 23.1 Å². The van der Waals surface area contributed by atoms with Gasteiger partial charge in [0, 0.05) is 21.0 Å². The van der Waals surface area contributed by atoms with E-state index < -0.39 is 5.25 Å². The van der Waals surface area contributed by atoms with E-state index in [9.17, 15) is 14.9 Å². The lowest BCUT2D eigenvalue weighted by molar-refractivity contribution is -0.115. The van der Waals surface area contributed by atoms with Crippen LogP contribution >= 0.6 is 23.1 Å². The van der Waals surface area contributed by atoms with Crippen molar-refractivity contribution in [1.82, 2.24) is 0 Å². The van der Waals surface area contributed by atoms with E-state index in [-0.39, 0.29) is 17.2 Å². The van der Waals surface area contributed by atoms with Gasteiger partial charge in [0.25, 0.3) is 5.91 Å². The third kappa shape index (κ3) is 7.35. The highest BCUT2D eigenvalue weighted by molar-refractivity contribution is 8.00. The summed E-state index contributed by atoms with van der Waals surface area (Å²) in [5.41, 5.74) is 3.72. The quantitative estimate of drug-likeness (QED) is 0.178. The standard InChI is InChI=1S/C36H37N3O4S2/c1-36(2,3)24-15-16-27-28(21-37)35(45-31(27)19-24)39-34(41)32(22-10-7-6-8-11-22)44-26-13-9-12-25(20-26)38-33(40)23-14-17-29(42-4)30(18-23)43-5/h6-14,17-18,20,24,32H,15-16,19H2,1-5H3,(H,38,40)(H,39,41). The summed E-state index contributed by atoms with van der Waals surface area (Å²) in [6.45, 7) is 6.80. The number of nitriles is 1. The number of thiophene rings is 1. The number of methoxy groups -OCH3 is 2. The maximum absolute atomic E-state index is 14.0. The van der Waals surface area contributed by atoms with Gasteiger partial charge < -0.3 is 20.1 Å². The van der Waals surface area contributed by atoms with Crippen LogP contribution in [0.15, 0.2) is 77.7 Å². The van der Waals surface area contributed by atoms with Crippen molar-refractivity contribution in [3.05, 3.63) is 99.9 Å². The molecule has 1 aliphatic carbocycles. The summed E-state index contributed by atoms with van der Waals surface area (Å²) in [7, 11) is 3.07. The van der Waals surface area contributed by atoms with Crippen LogP contribution in [-0.2, 0) is 17.6 Å². The number of nitrogens with one attached hydrogen (secondary N) is 2. The molecule has 2 atom stereocenters. The smallest absolute Gasteiger partial charge is 0.255 e. The van der Waals surface area contributed by atoms with Crippen LogP contribution < -0.4 is 20.1 Å². The van der Waals surface area contributed by atoms with E-state index in [4.69, 9.17) is 9.47 Å². The van der Waals surface area contributed by atoms with E-state index >= 15 is 0 Å². The molecule has 1 heterocycles. The molecule has 9 heteroatoms. The minimum absolute atomic E-state index is 0.183. The van der Waals surface area contributed by atoms with Crippen LogP contribution in [-0.4, -0.2) is 26.0 Å². The molecular formula is C36H37N3O4S2. The molecule has 5 rings (SSSR count). The highest BCUT2D eigenvalue weighted by atomic mass is 32.2. The fourth-order valence-corrected chi connectivity index (χ4v) is 7.94. The van der Waals surface area contributed by atoms with Crippen molar-refractivity contribution in [2.24, 2.45) is 11.3 Å². The fraction of sp³-hybridized carbons (Fsp3) is 0.306. The van der Waals surface area contributed by atoms with Crippen molar-refractivity contribution in [2.75, 3.05) is 24.9 Å². The fourth-order valence-electron chi connectivity index (χ4n) is 5.57. The molecule has 1 aromatic heterocycles. The number of hydrogen-bond acceptors (Lipinski definition) is 7. The molecule has 2 N–H and O–H groups in total. The second-order valence-corrected chi connectivity index (χ2v) is 14.4. The summed E-state index contributed by atoms with van der Waals surface area (Å²) >= 11 is 2.93. The highest BCUT2D eigenvalue weighted by Crippen LogP contribution is 2.45. The Morgan fingerprint density at radius 3 is 2.42 bits per heavy atom. The van der Waals surface area contributed by atoms with Crippen LogP contribution in [0.25, 0.3) is 0 Å². The van der Waals surface area contributed by atoms with Crippen LogP contribution in [0.1, 0.15) is 64.4 Å². The Morgan fingerprint density at radius 2 is 1.73 bits per heavy atom. The van der Waals surface area contributed by atoms with Crippen molar-refractivity contribution < 1.29 is 19.1 Å². The monoisotopic (exact) mass is 639 g/mol. The van der Waals surface area contributed by atoms with Gasteiger partial charge in [-0.25, -0.2) is 0 Å². The topological polar surface area (TPSA) is 100 Å². The average molecular weight is 640 g/mol. The molecule has 2 amide bonds. The number of carbonyl (C=O) groups is 2. The van der Waals surface area contributed by atoms with Crippen molar-refractivity contribution in [1.29, 1.82) is 5.26 Å². The summed E-state index contributed by atoms with van der Waals surface area (Å²) in [4.78, 5) is 29.0. The molecule has 2 unspecified atom stereocenters. The lowest BCUT2D eigenvalue weighted by Gasteiger charge is -2.33. The van der Waals surface area contributed by atoms with E-state index in [0.29, 0.717) is 39.2 Å². The summed E-state index contributed by atoms with van der Waals surface area (Å²) in [5, 5.41) is 16.2. The molecule has 4 aromatic rings. The zero-order valence-corrected chi connectivity index (χ0v) is 27.7. The van der Waals surface area contributed by atoms with Gasteiger partial charge in [-0.3, -0.25) is 9.59 Å². The Balaban J connectivity index is 1.37. The third-order valence-electron chi connectivity index (χ3n) is 8.17. The molecule has 232 valence electrons. The largest absolute Gasteiger partial charge is 0.493 e. The SMILES string of the molecule is COc1ccc(C(=O)Nc2cccc(SC(C(=O)Nc3sc4c(c3C#N)CCC(C(C)(C)C)C4)c3ccccc3)c2)cc1OC. The number of anilines is 2. The van der Waals surface area contributed by atoms with Crippen molar-refractivity contribution in [3.63, 3.8) is 0 Å². The van der Waals surface area contributed by atoms with E-state index in [1.54, 1.807) is 31.4 Å². The van der Waals surface area contributed by atoms with E-state index in [0.717, 1.165) is 35.3 Å². The third-order valence-corrected chi connectivity index (χ3v) is 10.6. The Kier molecular flexibility index (Phi) is 9.86. The molecule has 0 radical (unpaired) electrons. The summed E-state index contributed by atoms with van der Waals surface area (Å²) in [5.74, 6) is 1.04. The van der Waals surface area contributed by atoms with Crippen molar-refractivity contribution in [2.45, 2.75) is 50.2 Å². The predicted molar refractivity (Wildman–Crippen MR) is 182 cm³/mol. The highest BCUT2D eigenvalue weighted by Gasteiger charge is 2.33. The number of carbonyl (C=O) groups excluding carboxylic acids is 2. The Hall–Kier alpha value is -4.26. The van der Waals surface area contributed by atoms with Crippen LogP contribution in [0.5, 0.6) is 11.5 Å². The Labute approximate surface area is 273 Å². The number of nitrogens with zero attached hydrogens (tertiary/aromatic N) is 1. The molecule has 0 saturated heterocycles. The summed E-state index contributed by atoms with van der Waals surface area (Å²) in [6, 6.07) is 24.4. The minimum Gasteiger partial charge on any atom is -0.493 e. The first-order valence-electron chi connectivity index (χ1n) is 14.8. The van der Waals surface area contributed by atoms with E-state index in [1.165, 1.54) is 35.1 Å². The number of hydrogen-bond donors (Lipinski definition) is 2. The lowest BCUT2D eigenvalue weighted by Crippen LogP contribution is -2.26. The predicted octanol–water partition coefficient (Wildman–Crippen LogP) is 8.51. The molecule has 0 aliphatic heterocycles. The lowest BCUT2D eigenvalue weighted by atomic mass is 9.72. The van der Waals surface area contributed by atoms with Gasteiger partial charge in [-0.05, 0) is 78.1 Å². The van der Waals surface area contributed by atoms with Crippen LogP contribution in [0.3, 0.4) is 0 Å². The summed E-state index contributed by atoms with van der Waals surface area (Å²) in [6.07, 6.45) is 2.81. The zero-order chi connectivity index (χ0) is 32.1. The second-order valence-electron chi connectivity index (χ2n) is 12.1. The molecular weight excluding hydrogens is 603 g/mol. The summed E-state index contributed by atoms with van der Waals surface area (Å²) < 4.78 is 10.6. The van der Waals surface area contributed by atoms with Gasteiger partial charge in [0.05, 0.1) is 19.8 Å². The Morgan fingerprint density at radius 1 is 0.978 bits per heavy atom. The number of amides is 2. The first-order chi connectivity index (χ1) is 21.6. The second kappa shape index (κ2) is 13.8. The minimum atomic E-state index is -0.587. The van der Waals surface area contributed by atoms with Crippen LogP contribution in [0.2, 0.25) is 0 Å². The first kappa shape index (κ1) is 32.1. The van der Waals surface area contributed by atoms with Gasteiger partial charge in [-0.2, -0.15) is 5.26 Å². The van der Waals surface area contributed by atoms with Crippen molar-refractivity contribution in [3.8, 4) is 17.6 Å². The number of fused-ring (bicyclic) bond motifs is 1. The molecule has 3 aromatic carbocycles. The van der Waals surface area contributed by atoms with Gasteiger partial charge in [0.2, 0.25) is 5.91 Å². The zero-order valence-electron chi connectivity index (χ0n) is 26.1. The normalized spacial score (nSPS) is 14.9. The molecule has 1 aliphatic rings. The van der Waals surface area contributed by atoms with E-state index in [2.05, 4.69) is 37.5 Å². The Bertz CT molecular complexity index is 1740. The number of thioether (sulfide) groups is 1. The molecule has 0 bridgehead atoms. The molecule has 0 saturated carbocycles. The number of ether oxygens (including phenoxy) is 2. The first-order valence-corrected chi connectivity index (χ1v) is 16.5. The van der Waals surface area contributed by atoms with Gasteiger partial charge in [0.15, 0.2) is 11.5 Å². The average Bonchev–Trinajstić information content (AvgIpc) is 3.39.